The third kappa shape index (κ3) is 3.62. The molecule has 0 saturated heterocycles. The summed E-state index contributed by atoms with van der Waals surface area (Å²) < 4.78 is 0. The zero-order chi connectivity index (χ0) is 15.3. The smallest absolute Gasteiger partial charge is 0.251 e. The van der Waals surface area contributed by atoms with Crippen molar-refractivity contribution in [3.63, 3.8) is 0 Å². The van der Waals surface area contributed by atoms with Crippen molar-refractivity contribution in [2.75, 3.05) is 13.2 Å². The Morgan fingerprint density at radius 3 is 2.57 bits per heavy atom. The van der Waals surface area contributed by atoms with Gasteiger partial charge >= 0.3 is 0 Å². The molecule has 4 heteroatoms. The number of aliphatic hydroxyl groups is 1. The van der Waals surface area contributed by atoms with Gasteiger partial charge in [0.2, 0.25) is 0 Å². The summed E-state index contributed by atoms with van der Waals surface area (Å²) in [6.07, 6.45) is 3.47. The van der Waals surface area contributed by atoms with Gasteiger partial charge in [0.25, 0.3) is 5.91 Å². The Labute approximate surface area is 125 Å². The van der Waals surface area contributed by atoms with Crippen LogP contribution in [-0.2, 0) is 5.41 Å². The first kappa shape index (κ1) is 15.5. The molecule has 2 N–H and O–H groups in total. The van der Waals surface area contributed by atoms with Crippen LogP contribution in [0.25, 0.3) is 0 Å². The quantitative estimate of drug-likeness (QED) is 0.808. The van der Waals surface area contributed by atoms with Crippen molar-refractivity contribution in [3.8, 4) is 6.07 Å². The van der Waals surface area contributed by atoms with Crippen molar-refractivity contribution in [2.24, 2.45) is 5.92 Å². The molecule has 1 amide bonds. The number of carbonyl (C=O) groups is 1. The predicted molar refractivity (Wildman–Crippen MR) is 80.8 cm³/mol. The van der Waals surface area contributed by atoms with Crippen LogP contribution in [0.5, 0.6) is 0 Å². The first-order chi connectivity index (χ1) is 10.1. The number of benzene rings is 1. The van der Waals surface area contributed by atoms with Gasteiger partial charge in [0.05, 0.1) is 11.5 Å². The third-order valence-corrected chi connectivity index (χ3v) is 4.33. The minimum atomic E-state index is -0.302. The van der Waals surface area contributed by atoms with Crippen molar-refractivity contribution < 1.29 is 9.90 Å². The second-order valence-corrected chi connectivity index (χ2v) is 5.77. The summed E-state index contributed by atoms with van der Waals surface area (Å²) in [5, 5.41) is 21.0. The van der Waals surface area contributed by atoms with Crippen LogP contribution >= 0.6 is 0 Å². The first-order valence-electron chi connectivity index (χ1n) is 7.56. The lowest BCUT2D eigenvalue weighted by Crippen LogP contribution is -2.29. The van der Waals surface area contributed by atoms with E-state index < -0.39 is 0 Å². The summed E-state index contributed by atoms with van der Waals surface area (Å²) in [6, 6.07) is 9.70. The van der Waals surface area contributed by atoms with Crippen LogP contribution < -0.4 is 5.32 Å². The van der Waals surface area contributed by atoms with Gasteiger partial charge in [-0.3, -0.25) is 4.79 Å². The third-order valence-electron chi connectivity index (χ3n) is 4.33. The molecule has 1 aromatic carbocycles. The van der Waals surface area contributed by atoms with Crippen molar-refractivity contribution in [1.82, 2.24) is 5.32 Å². The van der Waals surface area contributed by atoms with Gasteiger partial charge in [-0.25, -0.2) is 0 Å². The molecule has 1 fully saturated rings. The van der Waals surface area contributed by atoms with E-state index in [9.17, 15) is 4.79 Å². The van der Waals surface area contributed by atoms with Crippen molar-refractivity contribution in [2.45, 2.75) is 38.0 Å². The molecule has 0 radical (unpaired) electrons. The van der Waals surface area contributed by atoms with Crippen LogP contribution in [0, 0.1) is 17.2 Å². The molecule has 1 aromatic rings. The standard InChI is InChI=1S/C17H22N2O2/c1-2-13(7-10-20)11-19-16(21)14-3-5-15(6-4-14)17(12-18)8-9-17/h3-6,13,20H,2,7-11H2,1H3,(H,19,21). The lowest BCUT2D eigenvalue weighted by Gasteiger charge is -2.14. The monoisotopic (exact) mass is 286 g/mol. The summed E-state index contributed by atoms with van der Waals surface area (Å²) in [7, 11) is 0. The molecule has 0 aromatic heterocycles. The second-order valence-electron chi connectivity index (χ2n) is 5.77. The highest BCUT2D eigenvalue weighted by Crippen LogP contribution is 2.47. The largest absolute Gasteiger partial charge is 0.396 e. The van der Waals surface area contributed by atoms with E-state index in [2.05, 4.69) is 18.3 Å². The fourth-order valence-corrected chi connectivity index (χ4v) is 2.50. The number of nitrogens with zero attached hydrogens (tertiary/aromatic N) is 1. The molecule has 0 heterocycles. The number of carbonyl (C=O) groups excluding carboxylic acids is 1. The fraction of sp³-hybridized carbons (Fsp3) is 0.529. The molecular formula is C17H22N2O2. The highest BCUT2D eigenvalue weighted by atomic mass is 16.3. The number of nitrogens with one attached hydrogen (secondary N) is 1. The van der Waals surface area contributed by atoms with Gasteiger partial charge in [0, 0.05) is 18.7 Å². The van der Waals surface area contributed by atoms with Crippen molar-refractivity contribution in [1.29, 1.82) is 5.26 Å². The Morgan fingerprint density at radius 1 is 1.43 bits per heavy atom. The van der Waals surface area contributed by atoms with Crippen LogP contribution in [0.4, 0.5) is 0 Å². The van der Waals surface area contributed by atoms with E-state index in [0.717, 1.165) is 24.8 Å². The number of rotatable bonds is 7. The van der Waals surface area contributed by atoms with Gasteiger partial charge in [-0.15, -0.1) is 0 Å². The van der Waals surface area contributed by atoms with E-state index in [4.69, 9.17) is 10.4 Å². The van der Waals surface area contributed by atoms with E-state index in [1.54, 1.807) is 12.1 Å². The predicted octanol–water partition coefficient (Wildman–Crippen LogP) is 2.38. The van der Waals surface area contributed by atoms with E-state index in [1.807, 2.05) is 12.1 Å². The Bertz CT molecular complexity index is 527. The normalized spacial score (nSPS) is 16.8. The second kappa shape index (κ2) is 6.73. The van der Waals surface area contributed by atoms with Gasteiger partial charge in [-0.2, -0.15) is 5.26 Å². The van der Waals surface area contributed by atoms with Crippen LogP contribution in [0.1, 0.15) is 48.5 Å². The van der Waals surface area contributed by atoms with E-state index in [1.165, 1.54) is 0 Å². The number of hydrogen-bond donors (Lipinski definition) is 2. The zero-order valence-corrected chi connectivity index (χ0v) is 12.4. The maximum atomic E-state index is 12.1. The van der Waals surface area contributed by atoms with E-state index in [0.29, 0.717) is 24.4 Å². The van der Waals surface area contributed by atoms with Crippen LogP contribution in [0.3, 0.4) is 0 Å². The summed E-state index contributed by atoms with van der Waals surface area (Å²) in [5.41, 5.74) is 1.32. The molecule has 112 valence electrons. The molecule has 1 unspecified atom stereocenters. The molecular weight excluding hydrogens is 264 g/mol. The highest BCUT2D eigenvalue weighted by molar-refractivity contribution is 5.94. The number of hydrogen-bond acceptors (Lipinski definition) is 3. The van der Waals surface area contributed by atoms with Crippen molar-refractivity contribution in [3.05, 3.63) is 35.4 Å². The minimum absolute atomic E-state index is 0.0975. The Balaban J connectivity index is 1.93. The van der Waals surface area contributed by atoms with Gasteiger partial charge in [0.15, 0.2) is 0 Å². The molecule has 1 atom stereocenters. The van der Waals surface area contributed by atoms with Crippen LogP contribution in [0.15, 0.2) is 24.3 Å². The Morgan fingerprint density at radius 2 is 2.10 bits per heavy atom. The summed E-state index contributed by atoms with van der Waals surface area (Å²) >= 11 is 0. The summed E-state index contributed by atoms with van der Waals surface area (Å²) in [6.45, 7) is 2.79. The lowest BCUT2D eigenvalue weighted by atomic mass is 9.96. The first-order valence-corrected chi connectivity index (χ1v) is 7.56. The van der Waals surface area contributed by atoms with Crippen molar-refractivity contribution >= 4 is 5.91 Å². The highest BCUT2D eigenvalue weighted by Gasteiger charge is 2.44. The van der Waals surface area contributed by atoms with Crippen LogP contribution in [-0.4, -0.2) is 24.2 Å². The minimum Gasteiger partial charge on any atom is -0.396 e. The molecule has 1 saturated carbocycles. The number of amides is 1. The van der Waals surface area contributed by atoms with Gasteiger partial charge in [-0.1, -0.05) is 25.5 Å². The van der Waals surface area contributed by atoms with Crippen LogP contribution in [0.2, 0.25) is 0 Å². The summed E-state index contributed by atoms with van der Waals surface area (Å²) in [4.78, 5) is 12.1. The molecule has 1 aliphatic rings. The zero-order valence-electron chi connectivity index (χ0n) is 12.4. The lowest BCUT2D eigenvalue weighted by molar-refractivity contribution is 0.0943. The molecule has 2 rings (SSSR count). The molecule has 0 aliphatic heterocycles. The molecule has 1 aliphatic carbocycles. The maximum absolute atomic E-state index is 12.1. The summed E-state index contributed by atoms with van der Waals surface area (Å²) in [5.74, 6) is 0.214. The Kier molecular flexibility index (Phi) is 4.98. The Hall–Kier alpha value is -1.86. The molecule has 0 bridgehead atoms. The number of nitriles is 1. The van der Waals surface area contributed by atoms with E-state index in [-0.39, 0.29) is 17.9 Å². The number of aliphatic hydroxyl groups excluding tert-OH is 1. The van der Waals surface area contributed by atoms with Gasteiger partial charge in [0.1, 0.15) is 0 Å². The van der Waals surface area contributed by atoms with Gasteiger partial charge < -0.3 is 10.4 Å². The van der Waals surface area contributed by atoms with E-state index >= 15 is 0 Å². The maximum Gasteiger partial charge on any atom is 0.251 e. The average Bonchev–Trinajstić information content (AvgIpc) is 3.32. The molecule has 0 spiro atoms. The topological polar surface area (TPSA) is 73.1 Å². The molecule has 4 nitrogen and oxygen atoms in total. The molecule has 21 heavy (non-hydrogen) atoms. The average molecular weight is 286 g/mol. The fourth-order valence-electron chi connectivity index (χ4n) is 2.50. The van der Waals surface area contributed by atoms with Gasteiger partial charge in [-0.05, 0) is 42.9 Å². The SMILES string of the molecule is CCC(CCO)CNC(=O)c1ccc(C2(C#N)CC2)cc1.